The predicted molar refractivity (Wildman–Crippen MR) is 89.5 cm³/mol. The Hall–Kier alpha value is -1.75. The maximum Gasteiger partial charge on any atom is 0.129 e. The van der Waals surface area contributed by atoms with Gasteiger partial charge in [0.1, 0.15) is 12.0 Å². The molecule has 1 aromatic carbocycles. The second kappa shape index (κ2) is 6.79. The SMILES string of the molecule is C=C1CCC(C(O)NCc2ccc(Cl)cc2F)c2cccnc21. The number of benzene rings is 1. The van der Waals surface area contributed by atoms with Crippen molar-refractivity contribution in [2.45, 2.75) is 31.5 Å². The number of nitrogens with zero attached hydrogens (tertiary/aromatic N) is 1. The van der Waals surface area contributed by atoms with E-state index in [1.807, 2.05) is 12.1 Å². The summed E-state index contributed by atoms with van der Waals surface area (Å²) in [4.78, 5) is 4.36. The minimum atomic E-state index is -0.777. The Labute approximate surface area is 139 Å². The number of nitrogens with one attached hydrogen (secondary N) is 1. The Bertz CT molecular complexity index is 735. The highest BCUT2D eigenvalue weighted by Crippen LogP contribution is 2.37. The van der Waals surface area contributed by atoms with E-state index in [1.165, 1.54) is 6.07 Å². The Kier molecular flexibility index (Phi) is 4.76. The summed E-state index contributed by atoms with van der Waals surface area (Å²) < 4.78 is 13.8. The smallest absolute Gasteiger partial charge is 0.129 e. The Morgan fingerprint density at radius 2 is 2.26 bits per heavy atom. The molecule has 1 aromatic heterocycles. The lowest BCUT2D eigenvalue weighted by Gasteiger charge is -2.30. The maximum absolute atomic E-state index is 13.8. The zero-order valence-corrected chi connectivity index (χ0v) is 13.4. The van der Waals surface area contributed by atoms with E-state index in [-0.39, 0.29) is 18.3 Å². The molecule has 2 aromatic rings. The molecule has 0 fully saturated rings. The first kappa shape index (κ1) is 16.1. The van der Waals surface area contributed by atoms with Crippen molar-refractivity contribution in [1.29, 1.82) is 0 Å². The van der Waals surface area contributed by atoms with Gasteiger partial charge in [-0.05, 0) is 42.2 Å². The van der Waals surface area contributed by atoms with E-state index in [9.17, 15) is 9.50 Å². The Morgan fingerprint density at radius 3 is 3.04 bits per heavy atom. The molecule has 3 nitrogen and oxygen atoms in total. The maximum atomic E-state index is 13.8. The van der Waals surface area contributed by atoms with E-state index in [0.29, 0.717) is 10.6 Å². The molecule has 2 atom stereocenters. The van der Waals surface area contributed by atoms with Gasteiger partial charge in [0, 0.05) is 29.2 Å². The van der Waals surface area contributed by atoms with Gasteiger partial charge in [0.15, 0.2) is 0 Å². The number of halogens is 2. The van der Waals surface area contributed by atoms with Crippen molar-refractivity contribution in [3.63, 3.8) is 0 Å². The second-order valence-corrected chi connectivity index (χ2v) is 6.19. The van der Waals surface area contributed by atoms with Gasteiger partial charge in [0.05, 0.1) is 5.69 Å². The van der Waals surface area contributed by atoms with Crippen molar-refractivity contribution in [1.82, 2.24) is 10.3 Å². The van der Waals surface area contributed by atoms with Crippen molar-refractivity contribution < 1.29 is 9.50 Å². The summed E-state index contributed by atoms with van der Waals surface area (Å²) in [5.41, 5.74) is 3.32. The van der Waals surface area contributed by atoms with Crippen LogP contribution in [-0.2, 0) is 6.54 Å². The first-order valence-electron chi connectivity index (χ1n) is 7.54. The quantitative estimate of drug-likeness (QED) is 0.835. The van der Waals surface area contributed by atoms with E-state index in [2.05, 4.69) is 16.9 Å². The molecule has 0 radical (unpaired) electrons. The Morgan fingerprint density at radius 1 is 1.43 bits per heavy atom. The number of rotatable bonds is 4. The van der Waals surface area contributed by atoms with Crippen LogP contribution in [-0.4, -0.2) is 16.3 Å². The van der Waals surface area contributed by atoms with Crippen LogP contribution in [0, 0.1) is 5.82 Å². The van der Waals surface area contributed by atoms with Gasteiger partial charge in [0.2, 0.25) is 0 Å². The molecule has 1 aliphatic carbocycles. The van der Waals surface area contributed by atoms with Crippen LogP contribution >= 0.6 is 11.6 Å². The van der Waals surface area contributed by atoms with Crippen LogP contribution in [0.2, 0.25) is 5.02 Å². The standard InChI is InChI=1S/C18H18ClFN2O/c1-11-4-7-15(14-3-2-8-21-17(11)14)18(23)22-10-12-5-6-13(19)9-16(12)20/h2-3,5-6,8-9,15,18,22-23H,1,4,7,10H2. The summed E-state index contributed by atoms with van der Waals surface area (Å²) in [6, 6.07) is 8.35. The van der Waals surface area contributed by atoms with E-state index in [0.717, 1.165) is 29.7 Å². The molecule has 0 bridgehead atoms. The van der Waals surface area contributed by atoms with E-state index in [1.54, 1.807) is 18.3 Å². The van der Waals surface area contributed by atoms with Gasteiger partial charge in [0.25, 0.3) is 0 Å². The minimum absolute atomic E-state index is 0.0837. The molecule has 0 amide bonds. The summed E-state index contributed by atoms with van der Waals surface area (Å²) in [6.45, 7) is 4.27. The summed E-state index contributed by atoms with van der Waals surface area (Å²) in [5, 5.41) is 13.9. The van der Waals surface area contributed by atoms with Crippen LogP contribution in [0.4, 0.5) is 4.39 Å². The van der Waals surface area contributed by atoms with Gasteiger partial charge >= 0.3 is 0 Å². The first-order valence-corrected chi connectivity index (χ1v) is 7.92. The number of allylic oxidation sites excluding steroid dienone is 1. The highest BCUT2D eigenvalue weighted by molar-refractivity contribution is 6.30. The van der Waals surface area contributed by atoms with Crippen molar-refractivity contribution in [3.05, 3.63) is 70.8 Å². The van der Waals surface area contributed by atoms with Crippen molar-refractivity contribution in [2.75, 3.05) is 0 Å². The lowest BCUT2D eigenvalue weighted by Crippen LogP contribution is -2.36. The molecule has 120 valence electrons. The molecule has 5 heteroatoms. The van der Waals surface area contributed by atoms with Gasteiger partial charge in [-0.2, -0.15) is 0 Å². The summed E-state index contributed by atoms with van der Waals surface area (Å²) in [5.74, 6) is -0.462. The first-order chi connectivity index (χ1) is 11.1. The molecule has 0 saturated heterocycles. The second-order valence-electron chi connectivity index (χ2n) is 5.75. The molecular formula is C18H18ClFN2O. The number of aliphatic hydroxyl groups is 1. The van der Waals surface area contributed by atoms with E-state index < -0.39 is 6.23 Å². The van der Waals surface area contributed by atoms with Crippen molar-refractivity contribution >= 4 is 17.2 Å². The fraction of sp³-hybridized carbons (Fsp3) is 0.278. The lowest BCUT2D eigenvalue weighted by atomic mass is 9.82. The van der Waals surface area contributed by atoms with Gasteiger partial charge < -0.3 is 5.11 Å². The molecule has 3 rings (SSSR count). The predicted octanol–water partition coefficient (Wildman–Crippen LogP) is 3.87. The van der Waals surface area contributed by atoms with E-state index >= 15 is 0 Å². The highest BCUT2D eigenvalue weighted by atomic mass is 35.5. The molecule has 1 aliphatic rings. The van der Waals surface area contributed by atoms with Crippen LogP contribution in [0.25, 0.3) is 5.57 Å². The van der Waals surface area contributed by atoms with Crippen LogP contribution < -0.4 is 5.32 Å². The summed E-state index contributed by atoms with van der Waals surface area (Å²) >= 11 is 5.75. The third-order valence-corrected chi connectivity index (χ3v) is 4.46. The molecule has 1 heterocycles. The van der Waals surface area contributed by atoms with Crippen LogP contribution in [0.3, 0.4) is 0 Å². The van der Waals surface area contributed by atoms with Crippen molar-refractivity contribution in [3.8, 4) is 0 Å². The number of aliphatic hydroxyl groups excluding tert-OH is 1. The molecule has 23 heavy (non-hydrogen) atoms. The van der Waals surface area contributed by atoms with Gasteiger partial charge in [-0.1, -0.05) is 30.3 Å². The molecular weight excluding hydrogens is 315 g/mol. The number of aromatic nitrogens is 1. The fourth-order valence-corrected chi connectivity index (χ4v) is 3.12. The number of hydrogen-bond acceptors (Lipinski definition) is 3. The van der Waals surface area contributed by atoms with Gasteiger partial charge in [-0.3, -0.25) is 10.3 Å². The summed E-state index contributed by atoms with van der Waals surface area (Å²) in [7, 11) is 0. The monoisotopic (exact) mass is 332 g/mol. The number of pyridine rings is 1. The Balaban J connectivity index is 1.73. The molecule has 0 aliphatic heterocycles. The number of fused-ring (bicyclic) bond motifs is 1. The van der Waals surface area contributed by atoms with Crippen LogP contribution in [0.5, 0.6) is 0 Å². The largest absolute Gasteiger partial charge is 0.378 e. The number of hydrogen-bond donors (Lipinski definition) is 2. The molecule has 2 N–H and O–H groups in total. The fourth-order valence-electron chi connectivity index (χ4n) is 2.97. The van der Waals surface area contributed by atoms with Gasteiger partial charge in [-0.25, -0.2) is 4.39 Å². The molecule has 0 spiro atoms. The minimum Gasteiger partial charge on any atom is -0.378 e. The summed E-state index contributed by atoms with van der Waals surface area (Å²) in [6.07, 6.45) is 2.54. The topological polar surface area (TPSA) is 45.1 Å². The average Bonchev–Trinajstić information content (AvgIpc) is 2.54. The van der Waals surface area contributed by atoms with Crippen molar-refractivity contribution in [2.24, 2.45) is 0 Å². The lowest BCUT2D eigenvalue weighted by molar-refractivity contribution is 0.100. The zero-order valence-electron chi connectivity index (χ0n) is 12.6. The molecule has 0 saturated carbocycles. The third-order valence-electron chi connectivity index (χ3n) is 4.23. The average molecular weight is 333 g/mol. The van der Waals surface area contributed by atoms with Gasteiger partial charge in [-0.15, -0.1) is 0 Å². The zero-order chi connectivity index (χ0) is 16.4. The molecule has 2 unspecified atom stereocenters. The van der Waals surface area contributed by atoms with E-state index in [4.69, 9.17) is 11.6 Å². The highest BCUT2D eigenvalue weighted by Gasteiger charge is 2.28. The third kappa shape index (κ3) is 3.44. The van der Waals surface area contributed by atoms with Crippen LogP contribution in [0.1, 0.15) is 35.6 Å². The van der Waals surface area contributed by atoms with Crippen LogP contribution in [0.15, 0.2) is 43.1 Å². The normalized spacial score (nSPS) is 18.6.